The van der Waals surface area contributed by atoms with Gasteiger partial charge in [0.15, 0.2) is 0 Å². The number of nitrogens with zero attached hydrogens (tertiary/aromatic N) is 1. The lowest BCUT2D eigenvalue weighted by Gasteiger charge is -2.43. The van der Waals surface area contributed by atoms with E-state index < -0.39 is 0 Å². The number of hydrogen-bond acceptors (Lipinski definition) is 2. The van der Waals surface area contributed by atoms with Crippen LogP contribution in [0.2, 0.25) is 0 Å². The molecule has 0 aromatic rings. The van der Waals surface area contributed by atoms with Crippen molar-refractivity contribution < 1.29 is 4.79 Å². The molecule has 1 heterocycles. The van der Waals surface area contributed by atoms with Crippen LogP contribution in [0.4, 0.5) is 0 Å². The summed E-state index contributed by atoms with van der Waals surface area (Å²) in [7, 11) is 0. The lowest BCUT2D eigenvalue weighted by molar-refractivity contribution is -0.127. The highest BCUT2D eigenvalue weighted by Crippen LogP contribution is 2.35. The van der Waals surface area contributed by atoms with Crippen LogP contribution in [0.3, 0.4) is 0 Å². The average Bonchev–Trinajstić information content (AvgIpc) is 2.97. The second-order valence-electron chi connectivity index (χ2n) is 6.07. The smallest absolute Gasteiger partial charge is 0.247 e. The zero-order valence-corrected chi connectivity index (χ0v) is 13.3. The number of piperazine rings is 1. The molecule has 1 amide bonds. The Morgan fingerprint density at radius 3 is 2.71 bits per heavy atom. The predicted molar refractivity (Wildman–Crippen MR) is 85.7 cm³/mol. The van der Waals surface area contributed by atoms with Crippen molar-refractivity contribution in [3.8, 4) is 0 Å². The number of fused-ring (bicyclic) bond motifs is 1. The third-order valence-electron chi connectivity index (χ3n) is 4.68. The standard InChI is InChI=1S/C17H23ClN2O/c1-2-15-17(21)19-14-10-6-3-7-12(18)11-16(14)20(15)13-8-4-5-9-13/h7,10-11,13,15H,2-6,8-9H2,1H3,(H,19,21). The summed E-state index contributed by atoms with van der Waals surface area (Å²) in [6.07, 6.45) is 13.8. The molecule has 1 saturated carbocycles. The summed E-state index contributed by atoms with van der Waals surface area (Å²) >= 11 is 6.33. The summed E-state index contributed by atoms with van der Waals surface area (Å²) in [6.45, 7) is 2.09. The Morgan fingerprint density at radius 1 is 1.29 bits per heavy atom. The van der Waals surface area contributed by atoms with Gasteiger partial charge in [0.05, 0.1) is 11.4 Å². The van der Waals surface area contributed by atoms with Crippen LogP contribution in [0.5, 0.6) is 0 Å². The summed E-state index contributed by atoms with van der Waals surface area (Å²) in [5, 5.41) is 3.87. The minimum Gasteiger partial charge on any atom is -0.355 e. The molecule has 3 aliphatic rings. The number of halogens is 1. The minimum absolute atomic E-state index is 0.0691. The number of carbonyl (C=O) groups is 1. The van der Waals surface area contributed by atoms with Crippen molar-refractivity contribution in [3.63, 3.8) is 0 Å². The second kappa shape index (κ2) is 6.27. The maximum absolute atomic E-state index is 12.5. The van der Waals surface area contributed by atoms with E-state index in [0.29, 0.717) is 6.04 Å². The first kappa shape index (κ1) is 14.7. The molecular formula is C17H23ClN2O. The largest absolute Gasteiger partial charge is 0.355 e. The molecule has 2 aliphatic carbocycles. The van der Waals surface area contributed by atoms with E-state index in [1.165, 1.54) is 25.7 Å². The van der Waals surface area contributed by atoms with Crippen molar-refractivity contribution in [2.75, 3.05) is 0 Å². The van der Waals surface area contributed by atoms with Gasteiger partial charge in [0.1, 0.15) is 6.04 Å². The number of allylic oxidation sites excluding steroid dienone is 4. The van der Waals surface area contributed by atoms with Gasteiger partial charge in [0.25, 0.3) is 0 Å². The fourth-order valence-electron chi connectivity index (χ4n) is 3.68. The maximum atomic E-state index is 12.5. The normalized spacial score (nSPS) is 27.1. The molecule has 1 N–H and O–H groups in total. The van der Waals surface area contributed by atoms with Gasteiger partial charge in [-0.15, -0.1) is 0 Å². The molecule has 3 nitrogen and oxygen atoms in total. The summed E-state index contributed by atoms with van der Waals surface area (Å²) in [4.78, 5) is 14.8. The van der Waals surface area contributed by atoms with Crippen LogP contribution in [0, 0.1) is 0 Å². The minimum atomic E-state index is -0.0691. The Balaban J connectivity index is 2.03. The van der Waals surface area contributed by atoms with Gasteiger partial charge in [-0.25, -0.2) is 0 Å². The van der Waals surface area contributed by atoms with E-state index in [2.05, 4.69) is 29.3 Å². The molecule has 0 aromatic heterocycles. The van der Waals surface area contributed by atoms with E-state index in [9.17, 15) is 4.79 Å². The second-order valence-corrected chi connectivity index (χ2v) is 6.51. The predicted octanol–water partition coefficient (Wildman–Crippen LogP) is 3.82. The molecule has 21 heavy (non-hydrogen) atoms. The zero-order chi connectivity index (χ0) is 14.8. The van der Waals surface area contributed by atoms with Crippen molar-refractivity contribution in [2.24, 2.45) is 0 Å². The van der Waals surface area contributed by atoms with E-state index in [4.69, 9.17) is 11.6 Å². The molecule has 0 aromatic carbocycles. The van der Waals surface area contributed by atoms with E-state index in [-0.39, 0.29) is 11.9 Å². The molecule has 2 fully saturated rings. The average molecular weight is 307 g/mol. The SMILES string of the molecule is CCC1C(=O)NC2=CCCC=C(Cl)C=C2N1C1CCCC1. The van der Waals surface area contributed by atoms with Crippen molar-refractivity contribution in [3.05, 3.63) is 34.7 Å². The number of carbonyl (C=O) groups excluding carboxylic acids is 1. The molecule has 3 rings (SSSR count). The Morgan fingerprint density at radius 2 is 2.00 bits per heavy atom. The van der Waals surface area contributed by atoms with Gasteiger partial charge in [-0.3, -0.25) is 4.79 Å². The Labute approximate surface area is 131 Å². The quantitative estimate of drug-likeness (QED) is 0.841. The molecular weight excluding hydrogens is 284 g/mol. The fourth-order valence-corrected chi connectivity index (χ4v) is 3.89. The third-order valence-corrected chi connectivity index (χ3v) is 4.95. The van der Waals surface area contributed by atoms with Crippen LogP contribution in [0.15, 0.2) is 34.7 Å². The highest BCUT2D eigenvalue weighted by molar-refractivity contribution is 6.31. The first-order chi connectivity index (χ1) is 10.2. The van der Waals surface area contributed by atoms with Gasteiger partial charge in [-0.2, -0.15) is 0 Å². The third kappa shape index (κ3) is 2.89. The van der Waals surface area contributed by atoms with Crippen molar-refractivity contribution >= 4 is 17.5 Å². The molecule has 1 saturated heterocycles. The molecule has 1 unspecified atom stereocenters. The van der Waals surface area contributed by atoms with E-state index in [1.54, 1.807) is 0 Å². The van der Waals surface area contributed by atoms with E-state index in [0.717, 1.165) is 35.7 Å². The summed E-state index contributed by atoms with van der Waals surface area (Å²) < 4.78 is 0. The lowest BCUT2D eigenvalue weighted by atomic mass is 9.99. The number of amides is 1. The van der Waals surface area contributed by atoms with Crippen LogP contribution < -0.4 is 5.32 Å². The zero-order valence-electron chi connectivity index (χ0n) is 12.6. The lowest BCUT2D eigenvalue weighted by Crippen LogP contribution is -2.55. The van der Waals surface area contributed by atoms with Gasteiger partial charge in [-0.05, 0) is 38.2 Å². The van der Waals surface area contributed by atoms with Gasteiger partial charge in [-0.1, -0.05) is 43.5 Å². The Hall–Kier alpha value is -1.22. The number of nitrogens with one attached hydrogen (secondary N) is 1. The summed E-state index contributed by atoms with van der Waals surface area (Å²) in [5.74, 6) is 0.133. The number of hydrogen-bond donors (Lipinski definition) is 1. The maximum Gasteiger partial charge on any atom is 0.247 e. The fraction of sp³-hybridized carbons (Fsp3) is 0.588. The monoisotopic (exact) mass is 306 g/mol. The highest BCUT2D eigenvalue weighted by Gasteiger charge is 2.38. The first-order valence-corrected chi connectivity index (χ1v) is 8.45. The van der Waals surface area contributed by atoms with Crippen LogP contribution in [-0.4, -0.2) is 22.9 Å². The van der Waals surface area contributed by atoms with Gasteiger partial charge in [0, 0.05) is 11.1 Å². The van der Waals surface area contributed by atoms with Gasteiger partial charge < -0.3 is 10.2 Å². The topological polar surface area (TPSA) is 32.3 Å². The van der Waals surface area contributed by atoms with Crippen molar-refractivity contribution in [1.82, 2.24) is 10.2 Å². The molecule has 0 bridgehead atoms. The van der Waals surface area contributed by atoms with E-state index >= 15 is 0 Å². The molecule has 4 heteroatoms. The van der Waals surface area contributed by atoms with Crippen LogP contribution >= 0.6 is 11.6 Å². The van der Waals surface area contributed by atoms with Crippen molar-refractivity contribution in [1.29, 1.82) is 0 Å². The van der Waals surface area contributed by atoms with Gasteiger partial charge >= 0.3 is 0 Å². The Bertz CT molecular complexity index is 515. The molecule has 1 aliphatic heterocycles. The molecule has 114 valence electrons. The number of rotatable bonds is 2. The van der Waals surface area contributed by atoms with Crippen LogP contribution in [-0.2, 0) is 4.79 Å². The van der Waals surface area contributed by atoms with Crippen molar-refractivity contribution in [2.45, 2.75) is 64.0 Å². The summed E-state index contributed by atoms with van der Waals surface area (Å²) in [6, 6.07) is 0.403. The van der Waals surface area contributed by atoms with Crippen LogP contribution in [0.1, 0.15) is 51.9 Å². The van der Waals surface area contributed by atoms with Gasteiger partial charge in [0.2, 0.25) is 5.91 Å². The Kier molecular flexibility index (Phi) is 4.39. The summed E-state index contributed by atoms with van der Waals surface area (Å²) in [5.41, 5.74) is 2.05. The molecule has 0 spiro atoms. The highest BCUT2D eigenvalue weighted by atomic mass is 35.5. The first-order valence-electron chi connectivity index (χ1n) is 8.07. The molecule has 1 atom stereocenters. The van der Waals surface area contributed by atoms with E-state index in [1.807, 2.05) is 6.08 Å². The van der Waals surface area contributed by atoms with Crippen LogP contribution in [0.25, 0.3) is 0 Å². The molecule has 0 radical (unpaired) electrons.